The average molecular weight is 415 g/mol. The van der Waals surface area contributed by atoms with Crippen LogP contribution in [0.3, 0.4) is 0 Å². The van der Waals surface area contributed by atoms with E-state index in [4.69, 9.17) is 0 Å². The second-order valence-corrected chi connectivity index (χ2v) is 11.8. The van der Waals surface area contributed by atoms with Crippen LogP contribution in [0.4, 0.5) is 0 Å². The molecule has 1 aromatic carbocycles. The molecule has 0 amide bonds. The van der Waals surface area contributed by atoms with Gasteiger partial charge in [0.25, 0.3) is 0 Å². The molecule has 166 valence electrons. The topological polar surface area (TPSA) is 74.6 Å². The van der Waals surface area contributed by atoms with Crippen molar-refractivity contribution in [3.8, 4) is 0 Å². The summed E-state index contributed by atoms with van der Waals surface area (Å²) >= 11 is 0. The second kappa shape index (κ2) is 8.01. The summed E-state index contributed by atoms with van der Waals surface area (Å²) in [6.07, 6.45) is 6.17. The molecule has 4 heteroatoms. The zero-order valence-electron chi connectivity index (χ0n) is 19.4. The van der Waals surface area contributed by atoms with E-state index in [0.29, 0.717) is 11.8 Å². The minimum Gasteiger partial charge on any atom is -0.478 e. The van der Waals surface area contributed by atoms with E-state index in [-0.39, 0.29) is 33.8 Å². The first-order chi connectivity index (χ1) is 13.8. The van der Waals surface area contributed by atoms with Gasteiger partial charge in [0.05, 0.1) is 11.1 Å². The third-order valence-electron chi connectivity index (χ3n) is 7.35. The molecule has 2 N–H and O–H groups in total. The van der Waals surface area contributed by atoms with Gasteiger partial charge in [0.1, 0.15) is 0 Å². The molecule has 0 bridgehead atoms. The number of rotatable bonds is 4. The molecule has 3 rings (SSSR count). The molecule has 2 saturated carbocycles. The van der Waals surface area contributed by atoms with Crippen molar-refractivity contribution in [1.82, 2.24) is 0 Å². The number of carboxylic acids is 2. The van der Waals surface area contributed by atoms with Crippen LogP contribution < -0.4 is 0 Å². The third kappa shape index (κ3) is 4.73. The number of aromatic carboxylic acids is 2. The summed E-state index contributed by atoms with van der Waals surface area (Å²) in [6.45, 7) is 13.6. The number of carboxylic acid groups (broad SMARTS) is 2. The van der Waals surface area contributed by atoms with E-state index in [1.165, 1.54) is 12.5 Å². The van der Waals surface area contributed by atoms with Crippen LogP contribution in [0.25, 0.3) is 0 Å². The van der Waals surface area contributed by atoms with Gasteiger partial charge in [-0.05, 0) is 90.2 Å². The zero-order chi connectivity index (χ0) is 22.4. The van der Waals surface area contributed by atoms with E-state index in [2.05, 4.69) is 41.5 Å². The van der Waals surface area contributed by atoms with Gasteiger partial charge in [0, 0.05) is 0 Å². The normalized spacial score (nSPS) is 30.6. The number of carbonyl (C=O) groups is 2. The van der Waals surface area contributed by atoms with Crippen LogP contribution >= 0.6 is 0 Å². The monoisotopic (exact) mass is 414 g/mol. The molecular weight excluding hydrogens is 376 g/mol. The van der Waals surface area contributed by atoms with Crippen molar-refractivity contribution in [2.24, 2.45) is 22.7 Å². The Morgan fingerprint density at radius 1 is 0.800 bits per heavy atom. The van der Waals surface area contributed by atoms with Crippen LogP contribution in [0, 0.1) is 22.7 Å². The lowest BCUT2D eigenvalue weighted by atomic mass is 9.61. The minimum absolute atomic E-state index is 0.0333. The molecule has 30 heavy (non-hydrogen) atoms. The van der Waals surface area contributed by atoms with Gasteiger partial charge in [-0.3, -0.25) is 0 Å². The van der Waals surface area contributed by atoms with Crippen LogP contribution in [0.2, 0.25) is 0 Å². The quantitative estimate of drug-likeness (QED) is 0.559. The Bertz CT molecular complexity index is 836. The fraction of sp³-hybridized carbons (Fsp3) is 0.692. The average Bonchev–Trinajstić information content (AvgIpc) is 2.56. The van der Waals surface area contributed by atoms with Crippen molar-refractivity contribution in [1.29, 1.82) is 0 Å². The Labute approximate surface area is 181 Å². The molecule has 0 saturated heterocycles. The predicted molar refractivity (Wildman–Crippen MR) is 119 cm³/mol. The standard InChI is InChI=1S/C26H38O4/c1-15-9-17(13-25(3,4)11-15)19-7-8-20(23(27)28)22(24(29)30)21(19)18-10-16(2)12-26(5,6)14-18/h7-8,15-18H,9-14H2,1-6H3,(H,27,28)(H,29,30)/t15-,16+,17-,18+/m0/s1. The van der Waals surface area contributed by atoms with E-state index >= 15 is 0 Å². The Morgan fingerprint density at radius 2 is 1.30 bits per heavy atom. The first-order valence-corrected chi connectivity index (χ1v) is 11.4. The van der Waals surface area contributed by atoms with Crippen LogP contribution in [0.5, 0.6) is 0 Å². The van der Waals surface area contributed by atoms with E-state index in [9.17, 15) is 19.8 Å². The highest BCUT2D eigenvalue weighted by Crippen LogP contribution is 2.52. The molecule has 4 nitrogen and oxygen atoms in total. The highest BCUT2D eigenvalue weighted by atomic mass is 16.4. The molecule has 2 fully saturated rings. The maximum absolute atomic E-state index is 12.4. The van der Waals surface area contributed by atoms with Crippen molar-refractivity contribution in [3.05, 3.63) is 34.4 Å². The number of hydrogen-bond acceptors (Lipinski definition) is 2. The molecule has 0 radical (unpaired) electrons. The summed E-state index contributed by atoms with van der Waals surface area (Å²) in [5, 5.41) is 19.9. The van der Waals surface area contributed by atoms with Gasteiger partial charge in [-0.2, -0.15) is 0 Å². The van der Waals surface area contributed by atoms with Gasteiger partial charge in [0.15, 0.2) is 0 Å². The van der Waals surface area contributed by atoms with E-state index in [0.717, 1.165) is 43.2 Å². The molecule has 0 aromatic heterocycles. The first kappa shape index (κ1) is 22.8. The summed E-state index contributed by atoms with van der Waals surface area (Å²) in [5.41, 5.74) is 2.19. The smallest absolute Gasteiger partial charge is 0.336 e. The third-order valence-corrected chi connectivity index (χ3v) is 7.35. The molecule has 2 aliphatic rings. The van der Waals surface area contributed by atoms with Crippen LogP contribution in [0.15, 0.2) is 12.1 Å². The van der Waals surface area contributed by atoms with Gasteiger partial charge < -0.3 is 10.2 Å². The summed E-state index contributed by atoms with van der Waals surface area (Å²) in [7, 11) is 0. The lowest BCUT2D eigenvalue weighted by Gasteiger charge is -2.43. The van der Waals surface area contributed by atoms with Crippen molar-refractivity contribution >= 4 is 11.9 Å². The lowest BCUT2D eigenvalue weighted by molar-refractivity contribution is 0.0648. The molecule has 1 aromatic rings. The van der Waals surface area contributed by atoms with Crippen LogP contribution in [-0.4, -0.2) is 22.2 Å². The predicted octanol–water partition coefficient (Wildman–Crippen LogP) is 6.94. The van der Waals surface area contributed by atoms with Gasteiger partial charge in [-0.15, -0.1) is 0 Å². The fourth-order valence-electron chi connectivity index (χ4n) is 6.99. The summed E-state index contributed by atoms with van der Waals surface area (Å²) in [5.74, 6) is -0.835. The maximum Gasteiger partial charge on any atom is 0.336 e. The molecule has 0 spiro atoms. The van der Waals surface area contributed by atoms with Gasteiger partial charge in [-0.25, -0.2) is 9.59 Å². The highest BCUT2D eigenvalue weighted by molar-refractivity contribution is 6.03. The molecule has 0 heterocycles. The zero-order valence-corrected chi connectivity index (χ0v) is 19.4. The Kier molecular flexibility index (Phi) is 6.10. The Morgan fingerprint density at radius 3 is 1.77 bits per heavy atom. The van der Waals surface area contributed by atoms with Gasteiger partial charge in [-0.1, -0.05) is 47.6 Å². The van der Waals surface area contributed by atoms with Crippen LogP contribution in [0.1, 0.15) is 124 Å². The van der Waals surface area contributed by atoms with E-state index < -0.39 is 11.9 Å². The summed E-state index contributed by atoms with van der Waals surface area (Å²) in [6, 6.07) is 3.48. The maximum atomic E-state index is 12.4. The van der Waals surface area contributed by atoms with E-state index in [1.807, 2.05) is 6.07 Å². The van der Waals surface area contributed by atoms with Crippen molar-refractivity contribution < 1.29 is 19.8 Å². The molecule has 0 unspecified atom stereocenters. The number of benzene rings is 1. The first-order valence-electron chi connectivity index (χ1n) is 11.4. The largest absolute Gasteiger partial charge is 0.478 e. The Balaban J connectivity index is 2.21. The number of hydrogen-bond donors (Lipinski definition) is 2. The van der Waals surface area contributed by atoms with Gasteiger partial charge >= 0.3 is 11.9 Å². The molecule has 2 aliphatic carbocycles. The SMILES string of the molecule is C[C@@H]1C[C@@H](c2c([C@H]3C[C@H](C)CC(C)(C)C3)ccc(C(=O)O)c2C(=O)O)CC(C)(C)C1. The molecule has 4 atom stereocenters. The lowest BCUT2D eigenvalue weighted by Crippen LogP contribution is -2.31. The summed E-state index contributed by atoms with van der Waals surface area (Å²) < 4.78 is 0. The van der Waals surface area contributed by atoms with E-state index in [1.54, 1.807) is 0 Å². The fourth-order valence-corrected chi connectivity index (χ4v) is 6.99. The summed E-state index contributed by atoms with van der Waals surface area (Å²) in [4.78, 5) is 24.3. The minimum atomic E-state index is -1.15. The Hall–Kier alpha value is -1.84. The van der Waals surface area contributed by atoms with Crippen molar-refractivity contribution in [3.63, 3.8) is 0 Å². The van der Waals surface area contributed by atoms with Gasteiger partial charge in [0.2, 0.25) is 0 Å². The van der Waals surface area contributed by atoms with Crippen LogP contribution in [-0.2, 0) is 0 Å². The second-order valence-electron chi connectivity index (χ2n) is 11.8. The van der Waals surface area contributed by atoms with Crippen molar-refractivity contribution in [2.75, 3.05) is 0 Å². The molecule has 0 aliphatic heterocycles. The molecular formula is C26H38O4. The highest BCUT2D eigenvalue weighted by Gasteiger charge is 2.40. The van der Waals surface area contributed by atoms with Crippen molar-refractivity contribution in [2.45, 2.75) is 91.9 Å².